The molecule has 0 radical (unpaired) electrons. The summed E-state index contributed by atoms with van der Waals surface area (Å²) in [4.78, 5) is 22.5. The van der Waals surface area contributed by atoms with Crippen LogP contribution in [0, 0.1) is 17.2 Å². The number of hydrogen-bond acceptors (Lipinski definition) is 7. The highest BCUT2D eigenvalue weighted by Gasteiger charge is 2.39. The van der Waals surface area contributed by atoms with E-state index in [1.165, 1.54) is 0 Å². The fourth-order valence-corrected chi connectivity index (χ4v) is 5.62. The molecule has 0 N–H and O–H groups in total. The predicted molar refractivity (Wildman–Crippen MR) is 131 cm³/mol. The van der Waals surface area contributed by atoms with Crippen LogP contribution in [0.15, 0.2) is 0 Å². The van der Waals surface area contributed by atoms with Crippen LogP contribution in [0.1, 0.15) is 75.3 Å². The molecule has 2 unspecified atom stereocenters. The molecule has 3 aliphatic heterocycles. The number of carbonyl (C=O) groups excluding carboxylic acids is 1. The first-order chi connectivity index (χ1) is 16.8. The van der Waals surface area contributed by atoms with Crippen molar-refractivity contribution in [1.82, 2.24) is 9.88 Å². The highest BCUT2D eigenvalue weighted by atomic mass is 16.5. The number of ether oxygens (including phenoxy) is 3. The molecule has 1 saturated carbocycles. The maximum absolute atomic E-state index is 13.1. The van der Waals surface area contributed by atoms with Crippen LogP contribution in [0.2, 0.25) is 0 Å². The fraction of sp³-hybridized carbons (Fsp3) is 0.741. The molecule has 2 atom stereocenters. The minimum atomic E-state index is -0.298. The lowest BCUT2D eigenvalue weighted by atomic mass is 9.87. The molecule has 0 spiro atoms. The number of anilines is 1. The summed E-state index contributed by atoms with van der Waals surface area (Å²) in [5, 5.41) is 10.3. The second kappa shape index (κ2) is 9.68. The average Bonchev–Trinajstić information content (AvgIpc) is 3.55. The normalized spacial score (nSPS) is 26.1. The summed E-state index contributed by atoms with van der Waals surface area (Å²) in [6, 6.07) is 2.54. The first-order valence-corrected chi connectivity index (χ1v) is 13.1. The van der Waals surface area contributed by atoms with Crippen LogP contribution in [0.3, 0.4) is 0 Å². The van der Waals surface area contributed by atoms with Crippen molar-refractivity contribution in [3.05, 3.63) is 22.4 Å². The number of nitriles is 1. The van der Waals surface area contributed by atoms with Crippen molar-refractivity contribution < 1.29 is 19.0 Å². The lowest BCUT2D eigenvalue weighted by Gasteiger charge is -2.44. The molecule has 3 fully saturated rings. The van der Waals surface area contributed by atoms with Gasteiger partial charge in [-0.25, -0.2) is 4.98 Å². The van der Waals surface area contributed by atoms with Crippen molar-refractivity contribution in [3.8, 4) is 6.07 Å². The minimum Gasteiger partial charge on any atom is -0.379 e. The van der Waals surface area contributed by atoms with E-state index in [0.717, 1.165) is 48.3 Å². The zero-order valence-electron chi connectivity index (χ0n) is 21.5. The van der Waals surface area contributed by atoms with Crippen LogP contribution in [0.4, 0.5) is 5.82 Å². The van der Waals surface area contributed by atoms with E-state index in [1.54, 1.807) is 0 Å². The summed E-state index contributed by atoms with van der Waals surface area (Å²) in [5.74, 6) is 1.57. The third kappa shape index (κ3) is 5.04. The summed E-state index contributed by atoms with van der Waals surface area (Å²) < 4.78 is 17.3. The van der Waals surface area contributed by atoms with E-state index in [-0.39, 0.29) is 36.2 Å². The zero-order chi connectivity index (χ0) is 24.7. The van der Waals surface area contributed by atoms with Gasteiger partial charge in [-0.2, -0.15) is 5.26 Å². The summed E-state index contributed by atoms with van der Waals surface area (Å²) in [6.07, 6.45) is 3.88. The monoisotopic (exact) mass is 482 g/mol. The van der Waals surface area contributed by atoms with Crippen molar-refractivity contribution in [2.24, 2.45) is 5.92 Å². The molecule has 1 aromatic heterocycles. The highest BCUT2D eigenvalue weighted by molar-refractivity contribution is 5.78. The van der Waals surface area contributed by atoms with Crippen LogP contribution in [-0.2, 0) is 32.0 Å². The molecule has 5 rings (SSSR count). The molecule has 2 saturated heterocycles. The van der Waals surface area contributed by atoms with E-state index in [1.807, 2.05) is 4.90 Å². The second-order valence-electron chi connectivity index (χ2n) is 11.4. The van der Waals surface area contributed by atoms with E-state index in [9.17, 15) is 10.1 Å². The van der Waals surface area contributed by atoms with E-state index < -0.39 is 0 Å². The van der Waals surface area contributed by atoms with Crippen molar-refractivity contribution >= 4 is 11.7 Å². The number of amides is 1. The second-order valence-corrected chi connectivity index (χ2v) is 11.4. The summed E-state index contributed by atoms with van der Waals surface area (Å²) in [7, 11) is 0. The topological polar surface area (TPSA) is 87.9 Å². The van der Waals surface area contributed by atoms with Crippen LogP contribution in [-0.4, -0.2) is 73.0 Å². The molecule has 0 bridgehead atoms. The van der Waals surface area contributed by atoms with Gasteiger partial charge in [0, 0.05) is 44.1 Å². The molecule has 4 heterocycles. The fourth-order valence-electron chi connectivity index (χ4n) is 5.62. The molecule has 0 aromatic carbocycles. The largest absolute Gasteiger partial charge is 0.379 e. The molecule has 8 heteroatoms. The number of rotatable bonds is 6. The first kappa shape index (κ1) is 24.5. The first-order valence-electron chi connectivity index (χ1n) is 13.1. The summed E-state index contributed by atoms with van der Waals surface area (Å²) >= 11 is 0. The van der Waals surface area contributed by atoms with Gasteiger partial charge < -0.3 is 24.0 Å². The van der Waals surface area contributed by atoms with Gasteiger partial charge in [-0.15, -0.1) is 0 Å². The summed E-state index contributed by atoms with van der Waals surface area (Å²) in [6.45, 7) is 12.3. The van der Waals surface area contributed by atoms with Gasteiger partial charge in [-0.05, 0) is 44.6 Å². The van der Waals surface area contributed by atoms with Gasteiger partial charge in [-0.3, -0.25) is 4.79 Å². The third-order valence-corrected chi connectivity index (χ3v) is 7.85. The molecule has 190 valence electrons. The lowest BCUT2D eigenvalue weighted by Crippen LogP contribution is -2.58. The lowest BCUT2D eigenvalue weighted by molar-refractivity contribution is -0.142. The molecule has 1 aromatic rings. The van der Waals surface area contributed by atoms with E-state index >= 15 is 0 Å². The van der Waals surface area contributed by atoms with Crippen LogP contribution in [0.25, 0.3) is 0 Å². The Morgan fingerprint density at radius 3 is 2.71 bits per heavy atom. The Kier molecular flexibility index (Phi) is 6.77. The van der Waals surface area contributed by atoms with Crippen LogP contribution in [0.5, 0.6) is 0 Å². The third-order valence-electron chi connectivity index (χ3n) is 7.85. The number of nitrogens with zero attached hydrogens (tertiary/aromatic N) is 4. The molecule has 4 aliphatic rings. The molecule has 35 heavy (non-hydrogen) atoms. The highest BCUT2D eigenvalue weighted by Crippen LogP contribution is 2.46. The molecule has 1 aliphatic carbocycles. The Labute approximate surface area is 208 Å². The van der Waals surface area contributed by atoms with Gasteiger partial charge >= 0.3 is 0 Å². The molecular formula is C27H38N4O4. The Morgan fingerprint density at radius 1 is 1.26 bits per heavy atom. The average molecular weight is 483 g/mol. The van der Waals surface area contributed by atoms with Gasteiger partial charge in [0.05, 0.1) is 42.2 Å². The van der Waals surface area contributed by atoms with Gasteiger partial charge in [0.15, 0.2) is 0 Å². The van der Waals surface area contributed by atoms with Crippen molar-refractivity contribution in [3.63, 3.8) is 0 Å². The number of hydrogen-bond donors (Lipinski definition) is 0. The van der Waals surface area contributed by atoms with Crippen molar-refractivity contribution in [1.29, 1.82) is 5.26 Å². The Bertz CT molecular complexity index is 1010. The van der Waals surface area contributed by atoms with Gasteiger partial charge in [0.25, 0.3) is 0 Å². The smallest absolute Gasteiger partial charge is 0.248 e. The number of piperazine rings is 1. The van der Waals surface area contributed by atoms with Gasteiger partial charge in [0.1, 0.15) is 18.5 Å². The Hall–Kier alpha value is -2.21. The molecular weight excluding hydrogens is 444 g/mol. The molecule has 8 nitrogen and oxygen atoms in total. The maximum atomic E-state index is 13.1. The summed E-state index contributed by atoms with van der Waals surface area (Å²) in [5.41, 5.74) is 3.76. The minimum absolute atomic E-state index is 0.0182. The quantitative estimate of drug-likeness (QED) is 0.615. The van der Waals surface area contributed by atoms with Gasteiger partial charge in [-0.1, -0.05) is 13.8 Å². The number of carbonyl (C=O) groups is 1. The van der Waals surface area contributed by atoms with E-state index in [2.05, 4.69) is 38.7 Å². The maximum Gasteiger partial charge on any atom is 0.248 e. The Morgan fingerprint density at radius 2 is 2.06 bits per heavy atom. The standard InChI is InChI=1S/C27H38N4O4/c1-17(2)23-13-30(8-9-31(23)24(32)16-34-19-7-10-33-14-19)26-21(12-28)20-11-27(3,4)35-15-22(20)25(29-26)18-5-6-18/h17-19,23H,5-11,13-16H2,1-4H3. The predicted octanol–water partition coefficient (Wildman–Crippen LogP) is 3.16. The zero-order valence-corrected chi connectivity index (χ0v) is 21.5. The van der Waals surface area contributed by atoms with E-state index in [0.29, 0.717) is 50.9 Å². The molecule has 1 amide bonds. The number of pyridine rings is 1. The number of fused-ring (bicyclic) bond motifs is 1. The SMILES string of the molecule is CC(C)C1CN(c2nc(C3CC3)c3c(c2C#N)CC(C)(C)OC3)CCN1C(=O)COC1CCOC1. The van der Waals surface area contributed by atoms with Crippen molar-refractivity contribution in [2.45, 2.75) is 83.6 Å². The number of aromatic nitrogens is 1. The van der Waals surface area contributed by atoms with Crippen LogP contribution >= 0.6 is 0 Å². The van der Waals surface area contributed by atoms with Gasteiger partial charge in [0.2, 0.25) is 5.91 Å². The van der Waals surface area contributed by atoms with E-state index in [4.69, 9.17) is 19.2 Å². The van der Waals surface area contributed by atoms with Crippen molar-refractivity contribution in [2.75, 3.05) is 44.4 Å². The van der Waals surface area contributed by atoms with Crippen LogP contribution < -0.4 is 4.90 Å². The Balaban J connectivity index is 1.40.